The first-order valence-corrected chi connectivity index (χ1v) is 12.3. The molecular weight excluding hydrogens is 462 g/mol. The molecule has 3 N–H and O–H groups in total. The molecule has 7 rings (SSSR count). The molecular formula is C28H26F2N4O2. The normalized spacial score (nSPS) is 28.2. The second-order valence-corrected chi connectivity index (χ2v) is 11.0. The zero-order valence-corrected chi connectivity index (χ0v) is 19.9. The lowest BCUT2D eigenvalue weighted by Gasteiger charge is -2.60. The number of rotatable bonds is 4. The summed E-state index contributed by atoms with van der Waals surface area (Å²) in [7, 11) is 0. The minimum absolute atomic E-state index is 0.118. The van der Waals surface area contributed by atoms with Crippen LogP contribution in [0.15, 0.2) is 41.2 Å². The first kappa shape index (κ1) is 22.9. The fourth-order valence-electron chi connectivity index (χ4n) is 7.12. The van der Waals surface area contributed by atoms with E-state index in [2.05, 4.69) is 10.3 Å². The first-order chi connectivity index (χ1) is 17.2. The van der Waals surface area contributed by atoms with Crippen molar-refractivity contribution < 1.29 is 13.9 Å². The van der Waals surface area contributed by atoms with Gasteiger partial charge in [-0.25, -0.2) is 13.8 Å². The number of benzene rings is 2. The molecule has 4 fully saturated rings. The van der Waals surface area contributed by atoms with E-state index < -0.39 is 22.8 Å². The van der Waals surface area contributed by atoms with E-state index in [1.165, 1.54) is 24.3 Å². The molecule has 3 aromatic rings. The van der Waals surface area contributed by atoms with Crippen molar-refractivity contribution in [1.82, 2.24) is 9.97 Å². The standard InChI is InChI=1S/C28H26F2N4O2/c1-15-2-3-18(7-21(15)29)23-24(19-4-5-20(13-31)22(30)8-19)32-26(33-25(23)35)34-27-9-16-6-17(10-27)12-28(36,11-16)14-27/h2-5,7-8,16-17,36H,6,9-12,14H2,1H3,(H2,32,33,34,35). The predicted octanol–water partition coefficient (Wildman–Crippen LogP) is 5.06. The van der Waals surface area contributed by atoms with Crippen LogP contribution in [0.4, 0.5) is 14.7 Å². The van der Waals surface area contributed by atoms with Crippen molar-refractivity contribution in [3.8, 4) is 28.5 Å². The first-order valence-electron chi connectivity index (χ1n) is 12.3. The van der Waals surface area contributed by atoms with Crippen molar-refractivity contribution >= 4 is 5.95 Å². The van der Waals surface area contributed by atoms with Gasteiger partial charge in [-0.3, -0.25) is 9.78 Å². The molecule has 2 atom stereocenters. The summed E-state index contributed by atoms with van der Waals surface area (Å²) >= 11 is 0. The molecule has 4 aliphatic rings. The molecule has 4 aliphatic carbocycles. The highest BCUT2D eigenvalue weighted by molar-refractivity contribution is 5.81. The Morgan fingerprint density at radius 1 is 1.08 bits per heavy atom. The van der Waals surface area contributed by atoms with E-state index in [9.17, 15) is 18.7 Å². The molecule has 0 spiro atoms. The van der Waals surface area contributed by atoms with Crippen molar-refractivity contribution in [1.29, 1.82) is 5.26 Å². The number of aromatic nitrogens is 2. The number of hydrogen-bond acceptors (Lipinski definition) is 5. The Balaban J connectivity index is 1.48. The van der Waals surface area contributed by atoms with E-state index in [0.717, 1.165) is 32.1 Å². The van der Waals surface area contributed by atoms with Crippen molar-refractivity contribution in [3.63, 3.8) is 0 Å². The van der Waals surface area contributed by atoms with Gasteiger partial charge in [0.15, 0.2) is 0 Å². The van der Waals surface area contributed by atoms with Crippen LogP contribution in [0.25, 0.3) is 22.4 Å². The third-order valence-electron chi connectivity index (χ3n) is 8.16. The van der Waals surface area contributed by atoms with Crippen LogP contribution < -0.4 is 10.9 Å². The predicted molar refractivity (Wildman–Crippen MR) is 131 cm³/mol. The second-order valence-electron chi connectivity index (χ2n) is 11.0. The van der Waals surface area contributed by atoms with Gasteiger partial charge in [0.1, 0.15) is 17.7 Å². The Labute approximate surface area is 207 Å². The minimum atomic E-state index is -0.726. The zero-order valence-electron chi connectivity index (χ0n) is 19.9. The average Bonchev–Trinajstić information content (AvgIpc) is 2.78. The Kier molecular flexibility index (Phi) is 5.06. The van der Waals surface area contributed by atoms with E-state index in [4.69, 9.17) is 10.2 Å². The SMILES string of the molecule is Cc1ccc(-c2c(-c3ccc(C#N)c(F)c3)nc(NC34CC5CC(CC(O)(C5)C3)C4)[nH]c2=O)cc1F. The molecule has 2 aromatic carbocycles. The molecule has 1 aromatic heterocycles. The van der Waals surface area contributed by atoms with E-state index in [1.54, 1.807) is 25.1 Å². The van der Waals surface area contributed by atoms with Gasteiger partial charge in [-0.15, -0.1) is 0 Å². The summed E-state index contributed by atoms with van der Waals surface area (Å²) in [6, 6.07) is 10.3. The molecule has 2 unspecified atom stereocenters. The summed E-state index contributed by atoms with van der Waals surface area (Å²) in [4.78, 5) is 21.0. The van der Waals surface area contributed by atoms with Crippen LogP contribution >= 0.6 is 0 Å². The number of aliphatic hydroxyl groups is 1. The number of nitrogens with one attached hydrogen (secondary N) is 2. The van der Waals surface area contributed by atoms with Crippen molar-refractivity contribution in [2.75, 3.05) is 5.32 Å². The van der Waals surface area contributed by atoms with E-state index in [1.807, 2.05) is 0 Å². The lowest BCUT2D eigenvalue weighted by atomic mass is 9.51. The molecule has 36 heavy (non-hydrogen) atoms. The van der Waals surface area contributed by atoms with Crippen LogP contribution in [0.1, 0.15) is 49.7 Å². The quantitative estimate of drug-likeness (QED) is 0.477. The number of nitrogens with zero attached hydrogens (tertiary/aromatic N) is 2. The number of halogens is 2. The van der Waals surface area contributed by atoms with Crippen molar-refractivity contribution in [2.24, 2.45) is 11.8 Å². The Hall–Kier alpha value is -3.57. The number of hydrogen-bond donors (Lipinski definition) is 3. The Morgan fingerprint density at radius 3 is 2.42 bits per heavy atom. The van der Waals surface area contributed by atoms with Crippen LogP contribution in [0.2, 0.25) is 0 Å². The summed E-state index contributed by atoms with van der Waals surface area (Å²) in [6.45, 7) is 1.63. The van der Waals surface area contributed by atoms with Crippen molar-refractivity contribution in [2.45, 2.75) is 56.6 Å². The molecule has 6 nitrogen and oxygen atoms in total. The van der Waals surface area contributed by atoms with Gasteiger partial charge in [0.25, 0.3) is 5.56 Å². The van der Waals surface area contributed by atoms with Gasteiger partial charge < -0.3 is 10.4 Å². The number of aryl methyl sites for hydroxylation is 1. The lowest BCUT2D eigenvalue weighted by molar-refractivity contribution is -0.127. The van der Waals surface area contributed by atoms with Crippen LogP contribution in [0.5, 0.6) is 0 Å². The van der Waals surface area contributed by atoms with Crippen molar-refractivity contribution in [3.05, 3.63) is 69.5 Å². The molecule has 8 heteroatoms. The average molecular weight is 489 g/mol. The third kappa shape index (κ3) is 3.79. The van der Waals surface area contributed by atoms with Crippen LogP contribution in [0.3, 0.4) is 0 Å². The van der Waals surface area contributed by atoms with Crippen LogP contribution in [-0.2, 0) is 0 Å². The number of aromatic amines is 1. The molecule has 0 radical (unpaired) electrons. The highest BCUT2D eigenvalue weighted by Gasteiger charge is 2.57. The Bertz CT molecular complexity index is 1480. The summed E-state index contributed by atoms with van der Waals surface area (Å²) in [5.74, 6) is -0.0970. The van der Waals surface area contributed by atoms with E-state index in [-0.39, 0.29) is 28.3 Å². The lowest BCUT2D eigenvalue weighted by Crippen LogP contribution is -2.62. The van der Waals surface area contributed by atoms with Gasteiger partial charge in [-0.1, -0.05) is 18.2 Å². The van der Waals surface area contributed by atoms with Gasteiger partial charge in [-0.2, -0.15) is 5.26 Å². The fourth-order valence-corrected chi connectivity index (χ4v) is 7.12. The minimum Gasteiger partial charge on any atom is -0.390 e. The van der Waals surface area contributed by atoms with E-state index >= 15 is 0 Å². The smallest absolute Gasteiger partial charge is 0.260 e. The van der Waals surface area contributed by atoms with Gasteiger partial charge >= 0.3 is 0 Å². The summed E-state index contributed by atoms with van der Waals surface area (Å²) < 4.78 is 29.0. The molecule has 184 valence electrons. The van der Waals surface area contributed by atoms with Gasteiger partial charge in [0, 0.05) is 11.1 Å². The maximum Gasteiger partial charge on any atom is 0.260 e. The van der Waals surface area contributed by atoms with Gasteiger partial charge in [-0.05, 0) is 86.6 Å². The molecule has 0 saturated heterocycles. The summed E-state index contributed by atoms with van der Waals surface area (Å²) in [5.41, 5.74) is -0.306. The zero-order chi connectivity index (χ0) is 25.2. The second kappa shape index (κ2) is 7.97. The maximum atomic E-state index is 14.6. The van der Waals surface area contributed by atoms with E-state index in [0.29, 0.717) is 34.9 Å². The number of anilines is 1. The topological polar surface area (TPSA) is 102 Å². The highest BCUT2D eigenvalue weighted by atomic mass is 19.1. The molecule has 0 aliphatic heterocycles. The third-order valence-corrected chi connectivity index (χ3v) is 8.16. The summed E-state index contributed by atoms with van der Waals surface area (Å²) in [5, 5.41) is 23.7. The maximum absolute atomic E-state index is 14.6. The molecule has 0 amide bonds. The number of nitriles is 1. The van der Waals surface area contributed by atoms with Gasteiger partial charge in [0.2, 0.25) is 5.95 Å². The van der Waals surface area contributed by atoms with Gasteiger partial charge in [0.05, 0.1) is 22.4 Å². The molecule has 4 saturated carbocycles. The fraction of sp³-hybridized carbons (Fsp3) is 0.393. The van der Waals surface area contributed by atoms with Crippen LogP contribution in [0, 0.1) is 41.7 Å². The van der Waals surface area contributed by atoms with Crippen LogP contribution in [-0.4, -0.2) is 26.2 Å². The molecule has 1 heterocycles. The molecule has 4 bridgehead atoms. The largest absolute Gasteiger partial charge is 0.390 e. The summed E-state index contributed by atoms with van der Waals surface area (Å²) in [6.07, 6.45) is 5.10. The Morgan fingerprint density at radius 2 is 1.78 bits per heavy atom. The highest BCUT2D eigenvalue weighted by Crippen LogP contribution is 2.58. The monoisotopic (exact) mass is 488 g/mol. The number of H-pyrrole nitrogens is 1.